The third-order valence-electron chi connectivity index (χ3n) is 6.80. The number of hydrogen-bond acceptors (Lipinski definition) is 5. The molecule has 0 aliphatic heterocycles. The highest BCUT2D eigenvalue weighted by Crippen LogP contribution is 2.39. The SMILES string of the molecule is CCCCOC(CCC1C(CCCCCCC(=O)OC)CC[C@H]1O)CSc1ccccc1F. The first-order chi connectivity index (χ1) is 16.0. The Hall–Kier alpha value is -1.11. The number of methoxy groups -OCH3 is 1. The van der Waals surface area contributed by atoms with Crippen molar-refractivity contribution < 1.29 is 23.8 Å². The van der Waals surface area contributed by atoms with Crippen LogP contribution >= 0.6 is 11.8 Å². The van der Waals surface area contributed by atoms with Crippen molar-refractivity contribution in [3.63, 3.8) is 0 Å². The summed E-state index contributed by atoms with van der Waals surface area (Å²) in [7, 11) is 1.44. The molecule has 0 spiro atoms. The van der Waals surface area contributed by atoms with Crippen LogP contribution in [0.4, 0.5) is 4.39 Å². The standard InChI is InChI=1S/C27H43FO4S/c1-3-4-19-32-22(20-33-26-13-10-9-12-24(26)28)16-17-23-21(15-18-25(23)29)11-7-5-6-8-14-27(30)31-2/h9-10,12-13,21-23,25,29H,3-8,11,14-20H2,1-2H3/t21?,22?,23?,25-/m1/s1. The zero-order valence-corrected chi connectivity index (χ0v) is 21.3. The largest absolute Gasteiger partial charge is 0.469 e. The van der Waals surface area contributed by atoms with Gasteiger partial charge >= 0.3 is 5.97 Å². The third kappa shape index (κ3) is 10.8. The lowest BCUT2D eigenvalue weighted by Crippen LogP contribution is -2.24. The van der Waals surface area contributed by atoms with E-state index in [9.17, 15) is 14.3 Å². The summed E-state index contributed by atoms with van der Waals surface area (Å²) in [6.45, 7) is 2.89. The van der Waals surface area contributed by atoms with Gasteiger partial charge in [-0.25, -0.2) is 4.39 Å². The molecule has 0 amide bonds. The molecule has 1 aliphatic carbocycles. The highest BCUT2D eigenvalue weighted by Gasteiger charge is 2.34. The highest BCUT2D eigenvalue weighted by molar-refractivity contribution is 7.99. The van der Waals surface area contributed by atoms with Crippen LogP contribution in [0.5, 0.6) is 0 Å². The van der Waals surface area contributed by atoms with E-state index >= 15 is 0 Å². The van der Waals surface area contributed by atoms with Crippen molar-refractivity contribution in [2.45, 2.75) is 101 Å². The molecule has 4 nitrogen and oxygen atoms in total. The number of carbonyl (C=O) groups is 1. The Kier molecular flexibility index (Phi) is 14.1. The van der Waals surface area contributed by atoms with Crippen LogP contribution in [0.2, 0.25) is 0 Å². The summed E-state index contributed by atoms with van der Waals surface area (Å²) in [5, 5.41) is 10.6. The number of hydrogen-bond donors (Lipinski definition) is 1. The molecule has 2 rings (SSSR count). The predicted octanol–water partition coefficient (Wildman–Crippen LogP) is 6.78. The summed E-state index contributed by atoms with van der Waals surface area (Å²) in [5.41, 5.74) is 0. The van der Waals surface area contributed by atoms with Gasteiger partial charge in [-0.3, -0.25) is 4.79 Å². The number of aliphatic hydroxyl groups is 1. The van der Waals surface area contributed by atoms with Gasteiger partial charge in [0.2, 0.25) is 0 Å². The first-order valence-corrected chi connectivity index (χ1v) is 13.8. The van der Waals surface area contributed by atoms with Crippen LogP contribution in [0.25, 0.3) is 0 Å². The average molecular weight is 483 g/mol. The molecule has 0 heterocycles. The average Bonchev–Trinajstić information content (AvgIpc) is 3.17. The molecule has 188 valence electrons. The molecule has 1 N–H and O–H groups in total. The van der Waals surface area contributed by atoms with Crippen molar-refractivity contribution in [3.05, 3.63) is 30.1 Å². The molecule has 1 aromatic rings. The van der Waals surface area contributed by atoms with E-state index in [-0.39, 0.29) is 24.0 Å². The van der Waals surface area contributed by atoms with E-state index in [2.05, 4.69) is 6.92 Å². The lowest BCUT2D eigenvalue weighted by molar-refractivity contribution is -0.140. The normalized spacial score (nSPS) is 21.3. The lowest BCUT2D eigenvalue weighted by Gasteiger charge is -2.25. The number of benzene rings is 1. The van der Waals surface area contributed by atoms with Gasteiger partial charge < -0.3 is 14.6 Å². The summed E-state index contributed by atoms with van der Waals surface area (Å²) in [6.07, 6.45) is 11.7. The Labute approximate surface area is 204 Å². The molecule has 0 saturated heterocycles. The zero-order valence-electron chi connectivity index (χ0n) is 20.5. The second-order valence-electron chi connectivity index (χ2n) is 9.26. The molecule has 1 saturated carbocycles. The molecule has 1 aliphatic rings. The fourth-order valence-electron chi connectivity index (χ4n) is 4.78. The van der Waals surface area contributed by atoms with Crippen molar-refractivity contribution >= 4 is 17.7 Å². The predicted molar refractivity (Wildman–Crippen MR) is 133 cm³/mol. The quantitative estimate of drug-likeness (QED) is 0.151. The maximum atomic E-state index is 14.0. The van der Waals surface area contributed by atoms with Crippen LogP contribution in [-0.2, 0) is 14.3 Å². The van der Waals surface area contributed by atoms with E-state index in [1.54, 1.807) is 6.07 Å². The number of thioether (sulfide) groups is 1. The van der Waals surface area contributed by atoms with Crippen molar-refractivity contribution in [1.29, 1.82) is 0 Å². The minimum absolute atomic E-state index is 0.0768. The maximum Gasteiger partial charge on any atom is 0.305 e. The van der Waals surface area contributed by atoms with Gasteiger partial charge in [-0.05, 0) is 62.5 Å². The van der Waals surface area contributed by atoms with Gasteiger partial charge in [0.25, 0.3) is 0 Å². The second kappa shape index (κ2) is 16.5. The third-order valence-corrected chi connectivity index (χ3v) is 7.98. The zero-order chi connectivity index (χ0) is 23.9. The number of rotatable bonds is 17. The number of carbonyl (C=O) groups excluding carboxylic acids is 1. The summed E-state index contributed by atoms with van der Waals surface area (Å²) in [6, 6.07) is 6.91. The Morgan fingerprint density at radius 3 is 2.70 bits per heavy atom. The minimum Gasteiger partial charge on any atom is -0.469 e. The van der Waals surface area contributed by atoms with Crippen molar-refractivity contribution in [2.75, 3.05) is 19.5 Å². The van der Waals surface area contributed by atoms with E-state index < -0.39 is 0 Å². The van der Waals surface area contributed by atoms with Crippen molar-refractivity contribution in [1.82, 2.24) is 0 Å². The van der Waals surface area contributed by atoms with E-state index in [4.69, 9.17) is 9.47 Å². The minimum atomic E-state index is -0.218. The van der Waals surface area contributed by atoms with Gasteiger partial charge in [0, 0.05) is 23.7 Å². The van der Waals surface area contributed by atoms with Gasteiger partial charge in [-0.15, -0.1) is 11.8 Å². The first-order valence-electron chi connectivity index (χ1n) is 12.8. The number of ether oxygens (including phenoxy) is 2. The Morgan fingerprint density at radius 2 is 1.94 bits per heavy atom. The molecule has 0 aromatic heterocycles. The van der Waals surface area contributed by atoms with Crippen molar-refractivity contribution in [2.24, 2.45) is 11.8 Å². The molecule has 0 radical (unpaired) electrons. The molecule has 6 heteroatoms. The van der Waals surface area contributed by atoms with Crippen LogP contribution in [-0.4, -0.2) is 42.8 Å². The van der Waals surface area contributed by atoms with Gasteiger partial charge in [-0.2, -0.15) is 0 Å². The smallest absolute Gasteiger partial charge is 0.305 e. The molecule has 3 unspecified atom stereocenters. The maximum absolute atomic E-state index is 14.0. The molecule has 1 aromatic carbocycles. The monoisotopic (exact) mass is 482 g/mol. The van der Waals surface area contributed by atoms with Gasteiger partial charge in [0.15, 0.2) is 0 Å². The Bertz CT molecular complexity index is 671. The van der Waals surface area contributed by atoms with Gasteiger partial charge in [-0.1, -0.05) is 51.2 Å². The summed E-state index contributed by atoms with van der Waals surface area (Å²) in [5.74, 6) is 1.33. The molecule has 4 atom stereocenters. The first kappa shape index (κ1) is 28.1. The Balaban J connectivity index is 1.77. The Morgan fingerprint density at radius 1 is 1.15 bits per heavy atom. The number of aliphatic hydroxyl groups excluding tert-OH is 1. The van der Waals surface area contributed by atoms with E-state index in [1.165, 1.54) is 24.9 Å². The molecule has 1 fully saturated rings. The summed E-state index contributed by atoms with van der Waals surface area (Å²) >= 11 is 1.53. The fraction of sp³-hybridized carbons (Fsp3) is 0.741. The summed E-state index contributed by atoms with van der Waals surface area (Å²) < 4.78 is 24.9. The van der Waals surface area contributed by atoms with Crippen LogP contribution in [0, 0.1) is 17.7 Å². The fourth-order valence-corrected chi connectivity index (χ4v) is 5.79. The van der Waals surface area contributed by atoms with Crippen LogP contribution in [0.1, 0.15) is 84.0 Å². The molecule has 33 heavy (non-hydrogen) atoms. The van der Waals surface area contributed by atoms with Crippen molar-refractivity contribution in [3.8, 4) is 0 Å². The van der Waals surface area contributed by atoms with Crippen LogP contribution in [0.3, 0.4) is 0 Å². The molecule has 0 bridgehead atoms. The van der Waals surface area contributed by atoms with Gasteiger partial charge in [0.05, 0.1) is 19.3 Å². The van der Waals surface area contributed by atoms with Crippen LogP contribution in [0.15, 0.2) is 29.2 Å². The van der Waals surface area contributed by atoms with E-state index in [1.807, 2.05) is 12.1 Å². The summed E-state index contributed by atoms with van der Waals surface area (Å²) in [4.78, 5) is 11.9. The number of esters is 1. The number of halogens is 1. The van der Waals surface area contributed by atoms with E-state index in [0.717, 1.165) is 83.0 Å². The topological polar surface area (TPSA) is 55.8 Å². The highest BCUT2D eigenvalue weighted by atomic mass is 32.2. The number of unbranched alkanes of at least 4 members (excludes halogenated alkanes) is 4. The molecular formula is C27H43FO4S. The van der Waals surface area contributed by atoms with Gasteiger partial charge in [0.1, 0.15) is 5.82 Å². The van der Waals surface area contributed by atoms with E-state index in [0.29, 0.717) is 23.2 Å². The molecular weight excluding hydrogens is 439 g/mol. The lowest BCUT2D eigenvalue weighted by atomic mass is 9.86. The van der Waals surface area contributed by atoms with Crippen LogP contribution < -0.4 is 0 Å². The second-order valence-corrected chi connectivity index (χ2v) is 10.3.